The average Bonchev–Trinajstić information content (AvgIpc) is 2.30. The number of rotatable bonds is 2. The zero-order chi connectivity index (χ0) is 10.7. The van der Waals surface area contributed by atoms with Crippen molar-refractivity contribution in [2.24, 2.45) is 5.73 Å². The first-order valence-corrected chi connectivity index (χ1v) is 4.43. The van der Waals surface area contributed by atoms with E-state index < -0.39 is 5.91 Å². The van der Waals surface area contributed by atoms with Crippen molar-refractivity contribution in [3.05, 3.63) is 48.5 Å². The highest BCUT2D eigenvalue weighted by atomic mass is 16.1. The minimum absolute atomic E-state index is 0.266. The fourth-order valence-corrected chi connectivity index (χ4v) is 1.24. The number of hydrogen-bond donors (Lipinski definition) is 1. The summed E-state index contributed by atoms with van der Waals surface area (Å²) in [5.74, 6) is -0.521. The van der Waals surface area contributed by atoms with Crippen LogP contribution >= 0.6 is 0 Å². The molecule has 0 aliphatic heterocycles. The molecule has 2 rings (SSSR count). The number of nitrogens with zero attached hydrogens (tertiary/aromatic N) is 2. The minimum Gasteiger partial charge on any atom is -0.364 e. The largest absolute Gasteiger partial charge is 0.364 e. The molecule has 0 bridgehead atoms. The van der Waals surface area contributed by atoms with Crippen LogP contribution in [0.4, 0.5) is 0 Å². The molecule has 74 valence electrons. The normalized spacial score (nSPS) is 9.87. The van der Waals surface area contributed by atoms with Crippen molar-refractivity contribution < 1.29 is 4.79 Å². The molecule has 4 nitrogen and oxygen atoms in total. The fraction of sp³-hybridized carbons (Fsp3) is 0. The van der Waals surface area contributed by atoms with Crippen molar-refractivity contribution >= 4 is 5.91 Å². The first-order chi connectivity index (χ1) is 7.27. The molecule has 0 saturated heterocycles. The Morgan fingerprint density at radius 3 is 2.47 bits per heavy atom. The lowest BCUT2D eigenvalue weighted by atomic mass is 10.1. The molecule has 0 aliphatic carbocycles. The lowest BCUT2D eigenvalue weighted by Crippen LogP contribution is -2.12. The van der Waals surface area contributed by atoms with Crippen LogP contribution in [0, 0.1) is 0 Å². The summed E-state index contributed by atoms with van der Waals surface area (Å²) in [6.45, 7) is 0. The summed E-state index contributed by atoms with van der Waals surface area (Å²) in [7, 11) is 0. The van der Waals surface area contributed by atoms with E-state index in [4.69, 9.17) is 5.73 Å². The maximum atomic E-state index is 10.8. The van der Waals surface area contributed by atoms with Gasteiger partial charge in [-0.05, 0) is 12.1 Å². The number of nitrogens with two attached hydrogens (primary N) is 1. The van der Waals surface area contributed by atoms with Gasteiger partial charge in [-0.1, -0.05) is 12.1 Å². The van der Waals surface area contributed by atoms with Crippen LogP contribution in [0.1, 0.15) is 10.5 Å². The summed E-state index contributed by atoms with van der Waals surface area (Å²) in [6.07, 6.45) is 5.05. The molecule has 0 saturated carbocycles. The van der Waals surface area contributed by atoms with Crippen LogP contribution in [0.5, 0.6) is 0 Å². The zero-order valence-electron chi connectivity index (χ0n) is 7.92. The molecule has 0 spiro atoms. The Balaban J connectivity index is 2.36. The van der Waals surface area contributed by atoms with E-state index in [1.807, 2.05) is 12.1 Å². The van der Waals surface area contributed by atoms with Crippen molar-refractivity contribution in [2.45, 2.75) is 0 Å². The maximum absolute atomic E-state index is 10.8. The predicted octanol–water partition coefficient (Wildman–Crippen LogP) is 1.24. The van der Waals surface area contributed by atoms with E-state index in [0.717, 1.165) is 11.1 Å². The van der Waals surface area contributed by atoms with Crippen molar-refractivity contribution in [2.75, 3.05) is 0 Å². The van der Waals surface area contributed by atoms with Crippen molar-refractivity contribution in [1.82, 2.24) is 9.97 Å². The number of pyridine rings is 2. The molecule has 2 heterocycles. The van der Waals surface area contributed by atoms with Crippen molar-refractivity contribution in [3.8, 4) is 11.1 Å². The lowest BCUT2D eigenvalue weighted by Gasteiger charge is -2.00. The Bertz CT molecular complexity index is 465. The van der Waals surface area contributed by atoms with Gasteiger partial charge < -0.3 is 5.73 Å². The molecule has 0 atom stereocenters. The van der Waals surface area contributed by atoms with E-state index in [0.29, 0.717) is 0 Å². The van der Waals surface area contributed by atoms with E-state index in [9.17, 15) is 4.79 Å². The van der Waals surface area contributed by atoms with E-state index in [2.05, 4.69) is 9.97 Å². The van der Waals surface area contributed by atoms with Gasteiger partial charge in [0.25, 0.3) is 5.91 Å². The molecule has 2 aromatic heterocycles. The maximum Gasteiger partial charge on any atom is 0.267 e. The molecule has 15 heavy (non-hydrogen) atoms. The molecule has 2 aromatic rings. The van der Waals surface area contributed by atoms with Crippen LogP contribution in [-0.2, 0) is 0 Å². The predicted molar refractivity (Wildman–Crippen MR) is 56.0 cm³/mol. The molecule has 4 heteroatoms. The molecule has 0 radical (unpaired) electrons. The first-order valence-electron chi connectivity index (χ1n) is 4.43. The van der Waals surface area contributed by atoms with Crippen LogP contribution in [0.3, 0.4) is 0 Å². The van der Waals surface area contributed by atoms with Crippen LogP contribution in [0.25, 0.3) is 11.1 Å². The Morgan fingerprint density at radius 2 is 1.93 bits per heavy atom. The van der Waals surface area contributed by atoms with Crippen molar-refractivity contribution in [3.63, 3.8) is 0 Å². The van der Waals surface area contributed by atoms with Crippen LogP contribution < -0.4 is 5.73 Å². The monoisotopic (exact) mass is 199 g/mol. The molecule has 1 amide bonds. The molecule has 0 aromatic carbocycles. The lowest BCUT2D eigenvalue weighted by molar-refractivity contribution is 0.0995. The quantitative estimate of drug-likeness (QED) is 0.791. The topological polar surface area (TPSA) is 68.9 Å². The minimum atomic E-state index is -0.521. The average molecular weight is 199 g/mol. The SMILES string of the molecule is NC(=O)c1ccc(-c2cccnc2)cn1. The fourth-order valence-electron chi connectivity index (χ4n) is 1.24. The van der Waals surface area contributed by atoms with E-state index >= 15 is 0 Å². The molecule has 2 N–H and O–H groups in total. The number of primary amides is 1. The molecule has 0 fully saturated rings. The number of aromatic nitrogens is 2. The highest BCUT2D eigenvalue weighted by Gasteiger charge is 2.02. The standard InChI is InChI=1S/C11H9N3O/c12-11(15)10-4-3-9(7-14-10)8-2-1-5-13-6-8/h1-7H,(H2,12,15). The summed E-state index contributed by atoms with van der Waals surface area (Å²) in [6, 6.07) is 7.17. The summed E-state index contributed by atoms with van der Waals surface area (Å²) < 4.78 is 0. The third-order valence-electron chi connectivity index (χ3n) is 2.01. The van der Waals surface area contributed by atoms with E-state index in [1.165, 1.54) is 0 Å². The number of carbonyl (C=O) groups excluding carboxylic acids is 1. The second-order valence-corrected chi connectivity index (χ2v) is 3.04. The van der Waals surface area contributed by atoms with E-state index in [1.54, 1.807) is 30.7 Å². The molecular weight excluding hydrogens is 190 g/mol. The number of amides is 1. The molecular formula is C11H9N3O. The number of hydrogen-bond acceptors (Lipinski definition) is 3. The van der Waals surface area contributed by atoms with Gasteiger partial charge in [0.1, 0.15) is 5.69 Å². The van der Waals surface area contributed by atoms with Gasteiger partial charge >= 0.3 is 0 Å². The van der Waals surface area contributed by atoms with Crippen molar-refractivity contribution in [1.29, 1.82) is 0 Å². The molecule has 0 unspecified atom stereocenters. The molecule has 0 aliphatic rings. The summed E-state index contributed by atoms with van der Waals surface area (Å²) >= 11 is 0. The highest BCUT2D eigenvalue weighted by molar-refractivity contribution is 5.91. The van der Waals surface area contributed by atoms with Gasteiger partial charge in [-0.15, -0.1) is 0 Å². The Kier molecular flexibility index (Phi) is 2.41. The van der Waals surface area contributed by atoms with Gasteiger partial charge in [0.05, 0.1) is 0 Å². The number of carbonyl (C=O) groups is 1. The third-order valence-corrected chi connectivity index (χ3v) is 2.01. The first kappa shape index (κ1) is 9.33. The Morgan fingerprint density at radius 1 is 1.13 bits per heavy atom. The van der Waals surface area contributed by atoms with Gasteiger partial charge in [0.15, 0.2) is 0 Å². The van der Waals surface area contributed by atoms with Gasteiger partial charge in [0.2, 0.25) is 0 Å². The van der Waals surface area contributed by atoms with Gasteiger partial charge in [-0.25, -0.2) is 0 Å². The Labute approximate surface area is 86.8 Å². The summed E-state index contributed by atoms with van der Waals surface area (Å²) in [5.41, 5.74) is 7.22. The Hall–Kier alpha value is -2.23. The highest BCUT2D eigenvalue weighted by Crippen LogP contribution is 2.16. The van der Waals surface area contributed by atoms with Crippen LogP contribution in [-0.4, -0.2) is 15.9 Å². The smallest absolute Gasteiger partial charge is 0.267 e. The summed E-state index contributed by atoms with van der Waals surface area (Å²) in [4.78, 5) is 18.7. The van der Waals surface area contributed by atoms with E-state index in [-0.39, 0.29) is 5.69 Å². The third kappa shape index (κ3) is 1.99. The zero-order valence-corrected chi connectivity index (χ0v) is 7.92. The van der Waals surface area contributed by atoms with Gasteiger partial charge in [0, 0.05) is 29.7 Å². The van der Waals surface area contributed by atoms with Crippen LogP contribution in [0.15, 0.2) is 42.9 Å². The van der Waals surface area contributed by atoms with Crippen LogP contribution in [0.2, 0.25) is 0 Å². The second kappa shape index (κ2) is 3.88. The summed E-state index contributed by atoms with van der Waals surface area (Å²) in [5, 5.41) is 0. The van der Waals surface area contributed by atoms with Gasteiger partial charge in [-0.3, -0.25) is 14.8 Å². The van der Waals surface area contributed by atoms with Gasteiger partial charge in [-0.2, -0.15) is 0 Å². The second-order valence-electron chi connectivity index (χ2n) is 3.04.